The summed E-state index contributed by atoms with van der Waals surface area (Å²) >= 11 is 0. The highest BCUT2D eigenvalue weighted by Gasteiger charge is 2.53. The molecule has 3 rings (SSSR count). The van der Waals surface area contributed by atoms with E-state index in [4.69, 9.17) is 28.4 Å². The lowest BCUT2D eigenvalue weighted by Gasteiger charge is -2.48. The Morgan fingerprint density at radius 3 is 1.57 bits per heavy atom. The fraction of sp³-hybridized carbons (Fsp3) is 0.780. The number of carbonyl (C=O) groups excluding carboxylic acids is 1. The summed E-state index contributed by atoms with van der Waals surface area (Å²) in [5, 5.41) is 119. The molecule has 19 nitrogen and oxygen atoms in total. The van der Waals surface area contributed by atoms with Gasteiger partial charge in [-0.2, -0.15) is 0 Å². The molecule has 69 heavy (non-hydrogen) atoms. The average molecular weight is 988 g/mol. The predicted molar refractivity (Wildman–Crippen MR) is 254 cm³/mol. The summed E-state index contributed by atoms with van der Waals surface area (Å²) in [7, 11) is 0. The van der Waals surface area contributed by atoms with Crippen molar-refractivity contribution in [1.82, 2.24) is 5.32 Å². The number of allylic oxidation sites excluding steroid dienone is 9. The zero-order valence-electron chi connectivity index (χ0n) is 40.5. The minimum Gasteiger partial charge on any atom is -0.394 e. The molecule has 17 atom stereocenters. The van der Waals surface area contributed by atoms with Gasteiger partial charge in [0.2, 0.25) is 5.91 Å². The Labute approximate surface area is 407 Å². The van der Waals surface area contributed by atoms with Gasteiger partial charge in [-0.3, -0.25) is 4.79 Å². The van der Waals surface area contributed by atoms with E-state index < -0.39 is 124 Å². The lowest BCUT2D eigenvalue weighted by molar-refractivity contribution is -0.379. The first-order valence-electron chi connectivity index (χ1n) is 25.0. The summed E-state index contributed by atoms with van der Waals surface area (Å²) in [6, 6.07) is -0.978. The maximum Gasteiger partial charge on any atom is 0.220 e. The molecule has 0 aromatic heterocycles. The minimum atomic E-state index is -1.98. The van der Waals surface area contributed by atoms with Crippen LogP contribution in [0, 0.1) is 0 Å². The first kappa shape index (κ1) is 60.8. The molecule has 0 bridgehead atoms. The van der Waals surface area contributed by atoms with Crippen molar-refractivity contribution in [3.05, 3.63) is 60.8 Å². The smallest absolute Gasteiger partial charge is 0.220 e. The molecule has 19 heteroatoms. The number of aliphatic hydroxyl groups is 11. The van der Waals surface area contributed by atoms with Crippen molar-refractivity contribution in [1.29, 1.82) is 0 Å². The van der Waals surface area contributed by atoms with Gasteiger partial charge in [0, 0.05) is 6.42 Å². The van der Waals surface area contributed by atoms with Crippen molar-refractivity contribution < 1.29 is 89.4 Å². The van der Waals surface area contributed by atoms with Crippen LogP contribution in [-0.4, -0.2) is 193 Å². The molecular weight excluding hydrogens is 903 g/mol. The zero-order valence-corrected chi connectivity index (χ0v) is 40.5. The van der Waals surface area contributed by atoms with Gasteiger partial charge < -0.3 is 89.9 Å². The van der Waals surface area contributed by atoms with Gasteiger partial charge in [-0.25, -0.2) is 0 Å². The number of amides is 1. The molecule has 17 unspecified atom stereocenters. The van der Waals surface area contributed by atoms with Gasteiger partial charge in [0.15, 0.2) is 18.9 Å². The molecule has 0 saturated carbocycles. The third-order valence-electron chi connectivity index (χ3n) is 12.3. The first-order chi connectivity index (χ1) is 33.3. The largest absolute Gasteiger partial charge is 0.394 e. The first-order valence-corrected chi connectivity index (χ1v) is 25.0. The molecule has 3 heterocycles. The van der Waals surface area contributed by atoms with Crippen molar-refractivity contribution in [2.24, 2.45) is 0 Å². The number of aliphatic hydroxyl groups excluding tert-OH is 11. The van der Waals surface area contributed by atoms with Crippen LogP contribution < -0.4 is 5.32 Å². The van der Waals surface area contributed by atoms with Gasteiger partial charge >= 0.3 is 0 Å². The number of ether oxygens (including phenoxy) is 6. The number of rotatable bonds is 33. The molecule has 3 aliphatic heterocycles. The zero-order chi connectivity index (χ0) is 50.6. The fourth-order valence-corrected chi connectivity index (χ4v) is 8.12. The van der Waals surface area contributed by atoms with Crippen molar-refractivity contribution >= 4 is 5.91 Å². The van der Waals surface area contributed by atoms with E-state index in [0.717, 1.165) is 83.5 Å². The Hall–Kier alpha value is -2.51. The number of hydrogen-bond acceptors (Lipinski definition) is 18. The monoisotopic (exact) mass is 988 g/mol. The van der Waals surface area contributed by atoms with Gasteiger partial charge in [-0.1, -0.05) is 113 Å². The highest BCUT2D eigenvalue weighted by molar-refractivity contribution is 5.76. The number of hydrogen-bond donors (Lipinski definition) is 12. The van der Waals surface area contributed by atoms with Gasteiger partial charge in [-0.05, 0) is 57.8 Å². The van der Waals surface area contributed by atoms with Gasteiger partial charge in [0.1, 0.15) is 73.2 Å². The molecular formula is C50H85NO18. The molecule has 3 saturated heterocycles. The van der Waals surface area contributed by atoms with Crippen LogP contribution in [0.25, 0.3) is 0 Å². The summed E-state index contributed by atoms with van der Waals surface area (Å²) in [4.78, 5) is 13.1. The SMILES string of the molecule is CC/C=C\C/C=C\C/C=C\C/C=C\CCCCCCCCC(=O)NC(COC1OC(CO)C(OC2OC(CO)C(OC3OC(CO)C(O)C(O)C3O)C(O)C2O)C(O)C1O)C(O)/C=C/CCCCC. The van der Waals surface area contributed by atoms with Crippen molar-refractivity contribution in [3.8, 4) is 0 Å². The summed E-state index contributed by atoms with van der Waals surface area (Å²) in [6.07, 6.45) is 8.64. The quantitative estimate of drug-likeness (QED) is 0.0326. The van der Waals surface area contributed by atoms with E-state index in [1.54, 1.807) is 6.08 Å². The third-order valence-corrected chi connectivity index (χ3v) is 12.3. The molecule has 3 fully saturated rings. The molecule has 1 amide bonds. The molecule has 0 radical (unpaired) electrons. The lowest BCUT2D eigenvalue weighted by Crippen LogP contribution is -2.66. The Morgan fingerprint density at radius 2 is 1.00 bits per heavy atom. The van der Waals surface area contributed by atoms with Crippen LogP contribution >= 0.6 is 0 Å². The topological polar surface area (TPSA) is 307 Å². The fourth-order valence-electron chi connectivity index (χ4n) is 8.12. The molecule has 12 N–H and O–H groups in total. The van der Waals surface area contributed by atoms with E-state index in [9.17, 15) is 61.0 Å². The summed E-state index contributed by atoms with van der Waals surface area (Å²) < 4.78 is 33.9. The Morgan fingerprint density at radius 1 is 0.536 bits per heavy atom. The van der Waals surface area contributed by atoms with Gasteiger partial charge in [-0.15, -0.1) is 0 Å². The second kappa shape index (κ2) is 34.8. The average Bonchev–Trinajstić information content (AvgIpc) is 3.34. The Balaban J connectivity index is 1.49. The number of carbonyl (C=O) groups is 1. The summed E-state index contributed by atoms with van der Waals surface area (Å²) in [6.45, 7) is 1.41. The Kier molecular flexibility index (Phi) is 30.6. The third kappa shape index (κ3) is 20.9. The summed E-state index contributed by atoms with van der Waals surface area (Å²) in [5.41, 5.74) is 0. The van der Waals surface area contributed by atoms with Crippen molar-refractivity contribution in [2.75, 3.05) is 26.4 Å². The number of nitrogens with one attached hydrogen (secondary N) is 1. The van der Waals surface area contributed by atoms with E-state index in [1.807, 2.05) is 6.08 Å². The van der Waals surface area contributed by atoms with Crippen LogP contribution in [-0.2, 0) is 33.2 Å². The Bertz CT molecular complexity index is 1510. The standard InChI is InChI=1S/C50H85NO18/c1-3-5-7-9-10-11-12-13-14-15-16-17-18-19-20-21-22-24-26-28-38(56)51-33(34(55)27-25-23-8-6-4-2)32-64-48-44(62)41(59)46(36(30-53)66-48)69-50-45(63)42(60)47(37(31-54)67-50)68-49-43(61)40(58)39(57)35(29-52)65-49/h5,7,10-11,13-14,16-17,25,27,33-37,39-50,52-55,57-63H,3-4,6,8-9,12,15,18-24,26,28-32H2,1-2H3,(H,51,56)/b7-5-,11-10-,14-13-,17-16-,27-25+. The van der Waals surface area contributed by atoms with Gasteiger partial charge in [0.25, 0.3) is 0 Å². The molecule has 0 aromatic carbocycles. The lowest BCUT2D eigenvalue weighted by atomic mass is 9.96. The van der Waals surface area contributed by atoms with Crippen molar-refractivity contribution in [3.63, 3.8) is 0 Å². The van der Waals surface area contributed by atoms with E-state index in [0.29, 0.717) is 12.8 Å². The second-order valence-electron chi connectivity index (χ2n) is 17.9. The van der Waals surface area contributed by atoms with Crippen LogP contribution in [0.15, 0.2) is 60.8 Å². The van der Waals surface area contributed by atoms with Crippen LogP contribution in [0.2, 0.25) is 0 Å². The normalized spacial score (nSPS) is 33.4. The van der Waals surface area contributed by atoms with Crippen LogP contribution in [0.4, 0.5) is 0 Å². The van der Waals surface area contributed by atoms with Gasteiger partial charge in [0.05, 0.1) is 38.6 Å². The van der Waals surface area contributed by atoms with Crippen molar-refractivity contribution in [2.45, 2.75) is 221 Å². The highest BCUT2D eigenvalue weighted by atomic mass is 16.8. The second-order valence-corrected chi connectivity index (χ2v) is 17.9. The van der Waals surface area contributed by atoms with Crippen LogP contribution in [0.1, 0.15) is 117 Å². The van der Waals surface area contributed by atoms with E-state index in [2.05, 4.69) is 67.8 Å². The molecule has 0 aliphatic carbocycles. The van der Waals surface area contributed by atoms with E-state index >= 15 is 0 Å². The number of unbranched alkanes of at least 4 members (excludes halogenated alkanes) is 9. The molecule has 3 aliphatic rings. The minimum absolute atomic E-state index is 0.222. The maximum atomic E-state index is 13.1. The molecule has 0 aromatic rings. The van der Waals surface area contributed by atoms with E-state index in [-0.39, 0.29) is 18.9 Å². The summed E-state index contributed by atoms with van der Waals surface area (Å²) in [5.74, 6) is -0.302. The highest BCUT2D eigenvalue weighted by Crippen LogP contribution is 2.33. The molecule has 398 valence electrons. The van der Waals surface area contributed by atoms with E-state index in [1.165, 1.54) is 0 Å². The van der Waals surface area contributed by atoms with Crippen LogP contribution in [0.5, 0.6) is 0 Å². The maximum absolute atomic E-state index is 13.1. The molecule has 0 spiro atoms. The van der Waals surface area contributed by atoms with Crippen LogP contribution in [0.3, 0.4) is 0 Å². The predicted octanol–water partition coefficient (Wildman–Crippen LogP) is 1.36.